The standard InChI is InChI=1S/C16H32N2/c1-13(2)14-5-7-16(11-17,8-6-14)18-10-9-15(3,4)12-18/h13-14H,5-12,17H2,1-4H3. The molecule has 1 aliphatic carbocycles. The second-order valence-electron chi connectivity index (χ2n) is 7.85. The lowest BCUT2D eigenvalue weighted by atomic mass is 9.72. The van der Waals surface area contributed by atoms with Crippen LogP contribution in [0.5, 0.6) is 0 Å². The van der Waals surface area contributed by atoms with E-state index in [1.807, 2.05) is 0 Å². The van der Waals surface area contributed by atoms with E-state index >= 15 is 0 Å². The average molecular weight is 252 g/mol. The van der Waals surface area contributed by atoms with Crippen LogP contribution < -0.4 is 5.73 Å². The van der Waals surface area contributed by atoms with Crippen LogP contribution in [0.25, 0.3) is 0 Å². The Balaban J connectivity index is 2.01. The van der Waals surface area contributed by atoms with E-state index in [0.717, 1.165) is 18.4 Å². The van der Waals surface area contributed by atoms with Crippen molar-refractivity contribution in [3.8, 4) is 0 Å². The summed E-state index contributed by atoms with van der Waals surface area (Å²) in [5, 5.41) is 0. The zero-order valence-corrected chi connectivity index (χ0v) is 12.8. The summed E-state index contributed by atoms with van der Waals surface area (Å²) in [5.41, 5.74) is 7.02. The fourth-order valence-electron chi connectivity index (χ4n) is 4.01. The minimum Gasteiger partial charge on any atom is -0.329 e. The van der Waals surface area contributed by atoms with E-state index < -0.39 is 0 Å². The first-order valence-electron chi connectivity index (χ1n) is 7.84. The summed E-state index contributed by atoms with van der Waals surface area (Å²) >= 11 is 0. The highest BCUT2D eigenvalue weighted by Gasteiger charge is 2.44. The molecule has 0 aromatic heterocycles. The van der Waals surface area contributed by atoms with Gasteiger partial charge in [-0.1, -0.05) is 27.7 Å². The van der Waals surface area contributed by atoms with Crippen LogP contribution in [0.1, 0.15) is 59.8 Å². The number of nitrogens with two attached hydrogens (primary N) is 1. The molecular formula is C16H32N2. The number of likely N-dealkylation sites (tertiary alicyclic amines) is 1. The minimum atomic E-state index is 0.332. The molecule has 0 spiro atoms. The van der Waals surface area contributed by atoms with Crippen molar-refractivity contribution in [1.29, 1.82) is 0 Å². The molecule has 18 heavy (non-hydrogen) atoms. The first-order valence-corrected chi connectivity index (χ1v) is 7.84. The molecule has 106 valence electrons. The molecule has 1 heterocycles. The average Bonchev–Trinajstić information content (AvgIpc) is 2.70. The predicted molar refractivity (Wildman–Crippen MR) is 78.6 cm³/mol. The highest BCUT2D eigenvalue weighted by atomic mass is 15.2. The monoisotopic (exact) mass is 252 g/mol. The second kappa shape index (κ2) is 5.13. The molecule has 0 aromatic carbocycles. The summed E-state index contributed by atoms with van der Waals surface area (Å²) in [4.78, 5) is 2.73. The number of hydrogen-bond acceptors (Lipinski definition) is 2. The van der Waals surface area contributed by atoms with Gasteiger partial charge < -0.3 is 5.73 Å². The van der Waals surface area contributed by atoms with Gasteiger partial charge in [-0.3, -0.25) is 4.90 Å². The van der Waals surface area contributed by atoms with Crippen molar-refractivity contribution in [2.24, 2.45) is 23.0 Å². The Morgan fingerprint density at radius 2 is 1.78 bits per heavy atom. The van der Waals surface area contributed by atoms with Gasteiger partial charge in [0.15, 0.2) is 0 Å². The van der Waals surface area contributed by atoms with Crippen molar-refractivity contribution in [3.05, 3.63) is 0 Å². The Bertz CT molecular complexity index is 275. The lowest BCUT2D eigenvalue weighted by molar-refractivity contribution is 0.0465. The van der Waals surface area contributed by atoms with Gasteiger partial charge in [0.25, 0.3) is 0 Å². The number of hydrogen-bond donors (Lipinski definition) is 1. The summed E-state index contributed by atoms with van der Waals surface area (Å²) in [5.74, 6) is 1.77. The molecule has 2 aliphatic rings. The third-order valence-electron chi connectivity index (χ3n) is 5.63. The topological polar surface area (TPSA) is 29.3 Å². The molecule has 0 radical (unpaired) electrons. The minimum absolute atomic E-state index is 0.332. The summed E-state index contributed by atoms with van der Waals surface area (Å²) < 4.78 is 0. The normalized spacial score (nSPS) is 37.3. The van der Waals surface area contributed by atoms with Crippen LogP contribution in [0.3, 0.4) is 0 Å². The fraction of sp³-hybridized carbons (Fsp3) is 1.00. The van der Waals surface area contributed by atoms with Crippen LogP contribution in [-0.2, 0) is 0 Å². The maximum absolute atomic E-state index is 6.19. The summed E-state index contributed by atoms with van der Waals surface area (Å²) in [6, 6.07) is 0. The maximum Gasteiger partial charge on any atom is 0.0332 e. The first kappa shape index (κ1) is 14.3. The SMILES string of the molecule is CC(C)C1CCC(CN)(N2CCC(C)(C)C2)CC1. The zero-order valence-electron chi connectivity index (χ0n) is 12.8. The van der Waals surface area contributed by atoms with E-state index in [-0.39, 0.29) is 0 Å². The molecule has 2 rings (SSSR count). The molecule has 1 saturated heterocycles. The molecular weight excluding hydrogens is 220 g/mol. The largest absolute Gasteiger partial charge is 0.329 e. The molecule has 1 aliphatic heterocycles. The van der Waals surface area contributed by atoms with E-state index in [0.29, 0.717) is 11.0 Å². The van der Waals surface area contributed by atoms with Crippen molar-refractivity contribution in [3.63, 3.8) is 0 Å². The molecule has 0 aromatic rings. The van der Waals surface area contributed by atoms with Gasteiger partial charge in [-0.05, 0) is 55.9 Å². The summed E-state index contributed by atoms with van der Waals surface area (Å²) in [6.07, 6.45) is 6.74. The van der Waals surface area contributed by atoms with Crippen LogP contribution in [-0.4, -0.2) is 30.1 Å². The van der Waals surface area contributed by atoms with E-state index in [2.05, 4.69) is 32.6 Å². The second-order valence-corrected chi connectivity index (χ2v) is 7.85. The van der Waals surface area contributed by atoms with Gasteiger partial charge in [0, 0.05) is 18.6 Å². The Hall–Kier alpha value is -0.0800. The summed E-state index contributed by atoms with van der Waals surface area (Å²) in [6.45, 7) is 12.9. The van der Waals surface area contributed by atoms with Gasteiger partial charge in [-0.2, -0.15) is 0 Å². The van der Waals surface area contributed by atoms with Crippen molar-refractivity contribution in [2.45, 2.75) is 65.3 Å². The van der Waals surface area contributed by atoms with Gasteiger partial charge in [-0.25, -0.2) is 0 Å². The van der Waals surface area contributed by atoms with Crippen molar-refractivity contribution in [1.82, 2.24) is 4.90 Å². The van der Waals surface area contributed by atoms with Crippen LogP contribution in [0.4, 0.5) is 0 Å². The third kappa shape index (κ3) is 2.75. The van der Waals surface area contributed by atoms with Gasteiger partial charge in [0.2, 0.25) is 0 Å². The molecule has 0 amide bonds. The van der Waals surface area contributed by atoms with Gasteiger partial charge in [0.1, 0.15) is 0 Å². The molecule has 0 bridgehead atoms. The highest BCUT2D eigenvalue weighted by molar-refractivity contribution is 5.00. The van der Waals surface area contributed by atoms with E-state index in [1.165, 1.54) is 45.2 Å². The molecule has 0 atom stereocenters. The van der Waals surface area contributed by atoms with E-state index in [1.54, 1.807) is 0 Å². The van der Waals surface area contributed by atoms with Gasteiger partial charge in [-0.15, -0.1) is 0 Å². The van der Waals surface area contributed by atoms with Crippen molar-refractivity contribution < 1.29 is 0 Å². The van der Waals surface area contributed by atoms with E-state index in [9.17, 15) is 0 Å². The van der Waals surface area contributed by atoms with E-state index in [4.69, 9.17) is 5.73 Å². The van der Waals surface area contributed by atoms with Crippen molar-refractivity contribution >= 4 is 0 Å². The quantitative estimate of drug-likeness (QED) is 0.835. The van der Waals surface area contributed by atoms with Crippen LogP contribution >= 0.6 is 0 Å². The molecule has 2 nitrogen and oxygen atoms in total. The predicted octanol–water partition coefficient (Wildman–Crippen LogP) is 3.26. The van der Waals surface area contributed by atoms with Gasteiger partial charge in [0.05, 0.1) is 0 Å². The Morgan fingerprint density at radius 3 is 2.17 bits per heavy atom. The lowest BCUT2D eigenvalue weighted by Gasteiger charge is -2.47. The molecule has 2 N–H and O–H groups in total. The van der Waals surface area contributed by atoms with Crippen LogP contribution in [0, 0.1) is 17.3 Å². The first-order chi connectivity index (χ1) is 8.38. The van der Waals surface area contributed by atoms with Gasteiger partial charge >= 0.3 is 0 Å². The lowest BCUT2D eigenvalue weighted by Crippen LogP contribution is -2.55. The van der Waals surface area contributed by atoms with Crippen molar-refractivity contribution in [2.75, 3.05) is 19.6 Å². The fourth-order valence-corrected chi connectivity index (χ4v) is 4.01. The Kier molecular flexibility index (Phi) is 4.08. The van der Waals surface area contributed by atoms with Crippen LogP contribution in [0.15, 0.2) is 0 Å². The Morgan fingerprint density at radius 1 is 1.17 bits per heavy atom. The maximum atomic E-state index is 6.19. The molecule has 2 heteroatoms. The smallest absolute Gasteiger partial charge is 0.0332 e. The Labute approximate surface area is 113 Å². The zero-order chi connectivity index (χ0) is 13.4. The number of nitrogens with zero attached hydrogens (tertiary/aromatic N) is 1. The highest BCUT2D eigenvalue weighted by Crippen LogP contribution is 2.43. The summed E-state index contributed by atoms with van der Waals surface area (Å²) in [7, 11) is 0. The molecule has 2 fully saturated rings. The molecule has 1 saturated carbocycles. The number of rotatable bonds is 3. The molecule has 0 unspecified atom stereocenters. The van der Waals surface area contributed by atoms with Crippen LogP contribution in [0.2, 0.25) is 0 Å². The third-order valence-corrected chi connectivity index (χ3v) is 5.63.